The first kappa shape index (κ1) is 23.3. The fourth-order valence-electron chi connectivity index (χ4n) is 4.14. The Morgan fingerprint density at radius 2 is 1.82 bits per heavy atom. The van der Waals surface area contributed by atoms with Crippen molar-refractivity contribution in [3.8, 4) is 5.75 Å². The van der Waals surface area contributed by atoms with Gasteiger partial charge in [0.15, 0.2) is 6.61 Å². The number of hydrogen-bond donors (Lipinski definition) is 1. The van der Waals surface area contributed by atoms with Gasteiger partial charge in [-0.25, -0.2) is 8.42 Å². The maximum Gasteiger partial charge on any atom is 0.265 e. The number of sulfonamides is 1. The molecule has 9 heteroatoms. The normalized spacial score (nSPS) is 17.7. The van der Waals surface area contributed by atoms with Gasteiger partial charge in [0, 0.05) is 19.6 Å². The van der Waals surface area contributed by atoms with E-state index in [1.807, 2.05) is 37.3 Å². The zero-order valence-corrected chi connectivity index (χ0v) is 19.5. The number of anilines is 1. The van der Waals surface area contributed by atoms with Gasteiger partial charge in [0.05, 0.1) is 10.6 Å². The molecular formula is C24H29N3O5S. The van der Waals surface area contributed by atoms with E-state index >= 15 is 0 Å². The zero-order chi connectivity index (χ0) is 23.4. The standard InChI is InChI=1S/C24H29N3O5S/c1-18(19-8-4-2-5-9-19)15-25-23(28)16-27-21-14-20(10-11-22(21)32-17-24(27)29)33(30,31)26-12-6-3-7-13-26/h2,4-5,8-11,14,18H,3,6-7,12-13,15-17H2,1H3,(H,25,28)/t18-/m0/s1. The van der Waals surface area contributed by atoms with Crippen LogP contribution in [0.5, 0.6) is 5.75 Å². The first-order valence-electron chi connectivity index (χ1n) is 11.3. The maximum atomic E-state index is 13.1. The summed E-state index contributed by atoms with van der Waals surface area (Å²) in [7, 11) is -3.68. The molecule has 2 aromatic rings. The summed E-state index contributed by atoms with van der Waals surface area (Å²) in [5.41, 5.74) is 1.41. The number of ether oxygens (including phenoxy) is 1. The van der Waals surface area contributed by atoms with Crippen molar-refractivity contribution in [1.82, 2.24) is 9.62 Å². The lowest BCUT2D eigenvalue weighted by atomic mass is 10.0. The summed E-state index contributed by atoms with van der Waals surface area (Å²) in [6, 6.07) is 14.3. The van der Waals surface area contributed by atoms with Gasteiger partial charge in [0.1, 0.15) is 12.3 Å². The third kappa shape index (κ3) is 5.20. The maximum absolute atomic E-state index is 13.1. The summed E-state index contributed by atoms with van der Waals surface area (Å²) in [6.45, 7) is 3.02. The van der Waals surface area contributed by atoms with Crippen LogP contribution in [0.2, 0.25) is 0 Å². The van der Waals surface area contributed by atoms with Gasteiger partial charge < -0.3 is 10.1 Å². The van der Waals surface area contributed by atoms with Gasteiger partial charge in [-0.05, 0) is 42.5 Å². The number of carbonyl (C=O) groups excluding carboxylic acids is 2. The molecule has 1 N–H and O–H groups in total. The van der Waals surface area contributed by atoms with Crippen molar-refractivity contribution in [3.63, 3.8) is 0 Å². The fourth-order valence-corrected chi connectivity index (χ4v) is 5.67. The molecule has 2 aromatic carbocycles. The van der Waals surface area contributed by atoms with Crippen molar-refractivity contribution in [2.24, 2.45) is 0 Å². The summed E-state index contributed by atoms with van der Waals surface area (Å²) in [5, 5.41) is 2.88. The van der Waals surface area contributed by atoms with Crippen LogP contribution in [-0.2, 0) is 19.6 Å². The van der Waals surface area contributed by atoms with Gasteiger partial charge in [-0.2, -0.15) is 4.31 Å². The number of benzene rings is 2. The van der Waals surface area contributed by atoms with Gasteiger partial charge in [0.25, 0.3) is 5.91 Å². The van der Waals surface area contributed by atoms with E-state index in [0.29, 0.717) is 31.1 Å². The zero-order valence-electron chi connectivity index (χ0n) is 18.7. The van der Waals surface area contributed by atoms with Gasteiger partial charge >= 0.3 is 0 Å². The van der Waals surface area contributed by atoms with E-state index in [1.165, 1.54) is 21.3 Å². The van der Waals surface area contributed by atoms with E-state index in [4.69, 9.17) is 4.74 Å². The largest absolute Gasteiger partial charge is 0.482 e. The van der Waals surface area contributed by atoms with Crippen LogP contribution in [0.1, 0.15) is 37.7 Å². The highest BCUT2D eigenvalue weighted by molar-refractivity contribution is 7.89. The van der Waals surface area contributed by atoms with Gasteiger partial charge in [0.2, 0.25) is 15.9 Å². The molecule has 2 amide bonds. The van der Waals surface area contributed by atoms with Crippen LogP contribution in [0.25, 0.3) is 0 Å². The highest BCUT2D eigenvalue weighted by Gasteiger charge is 2.31. The molecule has 33 heavy (non-hydrogen) atoms. The second-order valence-electron chi connectivity index (χ2n) is 8.48. The highest BCUT2D eigenvalue weighted by atomic mass is 32.2. The predicted molar refractivity (Wildman–Crippen MR) is 125 cm³/mol. The van der Waals surface area contributed by atoms with E-state index in [9.17, 15) is 18.0 Å². The van der Waals surface area contributed by atoms with Crippen molar-refractivity contribution in [2.45, 2.75) is 37.0 Å². The molecule has 0 bridgehead atoms. The molecular weight excluding hydrogens is 442 g/mol. The van der Waals surface area contributed by atoms with E-state index in [-0.39, 0.29) is 35.8 Å². The van der Waals surface area contributed by atoms with Crippen molar-refractivity contribution in [1.29, 1.82) is 0 Å². The van der Waals surface area contributed by atoms with Crippen LogP contribution in [-0.4, -0.2) is 57.3 Å². The Labute approximate surface area is 194 Å². The van der Waals surface area contributed by atoms with Crippen LogP contribution in [0.3, 0.4) is 0 Å². The monoisotopic (exact) mass is 471 g/mol. The number of rotatable bonds is 7. The summed E-state index contributed by atoms with van der Waals surface area (Å²) < 4.78 is 33.2. The van der Waals surface area contributed by atoms with Gasteiger partial charge in [-0.1, -0.05) is 43.7 Å². The molecule has 176 valence electrons. The second kappa shape index (κ2) is 9.93. The molecule has 0 aromatic heterocycles. The van der Waals surface area contributed by atoms with Crippen molar-refractivity contribution < 1.29 is 22.7 Å². The summed E-state index contributed by atoms with van der Waals surface area (Å²) >= 11 is 0. The molecule has 4 rings (SSSR count). The lowest BCUT2D eigenvalue weighted by Gasteiger charge is -2.30. The van der Waals surface area contributed by atoms with Crippen LogP contribution in [0, 0.1) is 0 Å². The molecule has 0 aliphatic carbocycles. The third-order valence-corrected chi connectivity index (χ3v) is 8.00. The molecule has 2 aliphatic heterocycles. The van der Waals surface area contributed by atoms with Gasteiger partial charge in [-0.3, -0.25) is 14.5 Å². The van der Waals surface area contributed by atoms with Crippen LogP contribution in [0.4, 0.5) is 5.69 Å². The van der Waals surface area contributed by atoms with E-state index in [2.05, 4.69) is 5.32 Å². The Hall–Kier alpha value is -2.91. The SMILES string of the molecule is C[C@@H](CNC(=O)CN1C(=O)COc2ccc(S(=O)(=O)N3CCCCC3)cc21)c1ccccc1. The van der Waals surface area contributed by atoms with Crippen molar-refractivity contribution in [2.75, 3.05) is 37.7 Å². The Morgan fingerprint density at radius 1 is 1.09 bits per heavy atom. The summed E-state index contributed by atoms with van der Waals surface area (Å²) in [6.07, 6.45) is 2.68. The van der Waals surface area contributed by atoms with Crippen LogP contribution >= 0.6 is 0 Å². The second-order valence-corrected chi connectivity index (χ2v) is 10.4. The minimum Gasteiger partial charge on any atom is -0.482 e. The fraction of sp³-hybridized carbons (Fsp3) is 0.417. The average molecular weight is 472 g/mol. The number of hydrogen-bond acceptors (Lipinski definition) is 5. The molecule has 0 unspecified atom stereocenters. The Balaban J connectivity index is 1.49. The number of amides is 2. The minimum absolute atomic E-state index is 0.101. The minimum atomic E-state index is -3.68. The molecule has 1 atom stereocenters. The molecule has 1 fully saturated rings. The van der Waals surface area contributed by atoms with Crippen molar-refractivity contribution in [3.05, 3.63) is 54.1 Å². The number of carbonyl (C=O) groups is 2. The van der Waals surface area contributed by atoms with Gasteiger partial charge in [-0.15, -0.1) is 0 Å². The van der Waals surface area contributed by atoms with Crippen molar-refractivity contribution >= 4 is 27.5 Å². The molecule has 0 radical (unpaired) electrons. The molecule has 2 heterocycles. The number of nitrogens with one attached hydrogen (secondary N) is 1. The smallest absolute Gasteiger partial charge is 0.265 e. The molecule has 0 spiro atoms. The first-order chi connectivity index (χ1) is 15.9. The number of fused-ring (bicyclic) bond motifs is 1. The topological polar surface area (TPSA) is 96.0 Å². The Morgan fingerprint density at radius 3 is 2.55 bits per heavy atom. The molecule has 2 aliphatic rings. The van der Waals surface area contributed by atoms with E-state index in [1.54, 1.807) is 6.07 Å². The average Bonchev–Trinajstić information content (AvgIpc) is 2.85. The Kier molecular flexibility index (Phi) is 6.99. The van der Waals surface area contributed by atoms with E-state index in [0.717, 1.165) is 24.8 Å². The third-order valence-electron chi connectivity index (χ3n) is 6.10. The molecule has 0 saturated carbocycles. The number of piperidine rings is 1. The van der Waals surface area contributed by atoms with Crippen LogP contribution in [0.15, 0.2) is 53.4 Å². The van der Waals surface area contributed by atoms with Crippen LogP contribution < -0.4 is 15.0 Å². The lowest BCUT2D eigenvalue weighted by Crippen LogP contribution is -2.45. The van der Waals surface area contributed by atoms with E-state index < -0.39 is 10.0 Å². The predicted octanol–water partition coefficient (Wildman–Crippen LogP) is 2.51. The number of nitrogens with zero attached hydrogens (tertiary/aromatic N) is 2. The first-order valence-corrected chi connectivity index (χ1v) is 12.7. The Bertz CT molecular complexity index is 1110. The molecule has 8 nitrogen and oxygen atoms in total. The highest BCUT2D eigenvalue weighted by Crippen LogP contribution is 2.35. The molecule has 1 saturated heterocycles. The quantitative estimate of drug-likeness (QED) is 0.669. The summed E-state index contributed by atoms with van der Waals surface area (Å²) in [4.78, 5) is 26.6. The summed E-state index contributed by atoms with van der Waals surface area (Å²) in [5.74, 6) is -0.202. The lowest BCUT2D eigenvalue weighted by molar-refractivity contribution is -0.125.